The highest BCUT2D eigenvalue weighted by Gasteiger charge is 2.12. The van der Waals surface area contributed by atoms with Crippen LogP contribution in [0.25, 0.3) is 0 Å². The van der Waals surface area contributed by atoms with Crippen molar-refractivity contribution in [2.24, 2.45) is 0 Å². The first-order valence-electron chi connectivity index (χ1n) is 5.41. The van der Waals surface area contributed by atoms with Gasteiger partial charge in [-0.1, -0.05) is 25.8 Å². The Bertz CT molecular complexity index is 366. The number of hydrogen-bond donors (Lipinski definition) is 2. The van der Waals surface area contributed by atoms with Crippen LogP contribution in [0.5, 0.6) is 0 Å². The van der Waals surface area contributed by atoms with Crippen LogP contribution in [-0.4, -0.2) is 16.8 Å². The average molecular weight is 239 g/mol. The first-order chi connectivity index (χ1) is 7.66. The van der Waals surface area contributed by atoms with Crippen LogP contribution in [0, 0.1) is 0 Å². The molecular formula is C12H17NO2S. The number of aromatic carboxylic acids is 1. The molecule has 0 heterocycles. The number of rotatable bonds is 6. The Morgan fingerprint density at radius 1 is 1.44 bits per heavy atom. The lowest BCUT2D eigenvalue weighted by Crippen LogP contribution is -2.02. The zero-order valence-electron chi connectivity index (χ0n) is 9.40. The summed E-state index contributed by atoms with van der Waals surface area (Å²) in [6, 6.07) is 5.02. The Morgan fingerprint density at radius 2 is 2.19 bits per heavy atom. The molecule has 1 rings (SSSR count). The number of benzene rings is 1. The monoisotopic (exact) mass is 239 g/mol. The largest absolute Gasteiger partial charge is 0.478 e. The second-order valence-electron chi connectivity index (χ2n) is 3.58. The minimum atomic E-state index is -0.912. The van der Waals surface area contributed by atoms with E-state index in [1.807, 2.05) is 0 Å². The molecule has 0 aliphatic heterocycles. The van der Waals surface area contributed by atoms with Crippen molar-refractivity contribution < 1.29 is 9.90 Å². The predicted octanol–water partition coefficient (Wildman–Crippen LogP) is 3.25. The Kier molecular flexibility index (Phi) is 5.19. The number of carbonyl (C=O) groups is 1. The molecular weight excluding hydrogens is 222 g/mol. The van der Waals surface area contributed by atoms with Crippen LogP contribution in [0.2, 0.25) is 0 Å². The molecule has 3 N–H and O–H groups in total. The van der Waals surface area contributed by atoms with Gasteiger partial charge in [-0.3, -0.25) is 0 Å². The number of carboxylic acids is 1. The minimum absolute atomic E-state index is 0.307. The molecule has 1 aromatic rings. The van der Waals surface area contributed by atoms with Gasteiger partial charge in [-0.15, -0.1) is 11.8 Å². The van der Waals surface area contributed by atoms with E-state index in [-0.39, 0.29) is 0 Å². The van der Waals surface area contributed by atoms with Gasteiger partial charge >= 0.3 is 5.97 Å². The quantitative estimate of drug-likeness (QED) is 0.454. The van der Waals surface area contributed by atoms with Crippen LogP contribution in [0.4, 0.5) is 5.69 Å². The van der Waals surface area contributed by atoms with E-state index in [1.165, 1.54) is 18.2 Å². The van der Waals surface area contributed by atoms with Gasteiger partial charge in [-0.2, -0.15) is 0 Å². The van der Waals surface area contributed by atoms with Crippen molar-refractivity contribution in [2.75, 3.05) is 11.5 Å². The lowest BCUT2D eigenvalue weighted by molar-refractivity contribution is 0.0693. The third kappa shape index (κ3) is 3.45. The molecule has 0 saturated heterocycles. The van der Waals surface area contributed by atoms with Crippen molar-refractivity contribution >= 4 is 23.4 Å². The van der Waals surface area contributed by atoms with Crippen molar-refractivity contribution in [1.29, 1.82) is 0 Å². The number of nitrogens with two attached hydrogens (primary N) is 1. The Labute approximate surface area is 100 Å². The number of hydrogen-bond acceptors (Lipinski definition) is 3. The normalized spacial score (nSPS) is 10.3. The number of nitrogen functional groups attached to an aromatic ring is 1. The standard InChI is InChI=1S/C12H17NO2S/c1-2-3-4-8-16-11-9(12(14)15)6-5-7-10(11)13/h5-7H,2-4,8,13H2,1H3,(H,14,15). The van der Waals surface area contributed by atoms with E-state index >= 15 is 0 Å². The summed E-state index contributed by atoms with van der Waals surface area (Å²) >= 11 is 1.54. The van der Waals surface area contributed by atoms with Gasteiger partial charge in [-0.05, 0) is 24.3 Å². The van der Waals surface area contributed by atoms with Gasteiger partial charge < -0.3 is 10.8 Å². The fraction of sp³-hybridized carbons (Fsp3) is 0.417. The van der Waals surface area contributed by atoms with Crippen LogP contribution in [0.3, 0.4) is 0 Å². The number of unbranched alkanes of at least 4 members (excludes halogenated alkanes) is 2. The highest BCUT2D eigenvalue weighted by Crippen LogP contribution is 2.29. The summed E-state index contributed by atoms with van der Waals surface area (Å²) in [5.41, 5.74) is 6.65. The Morgan fingerprint density at radius 3 is 2.81 bits per heavy atom. The lowest BCUT2D eigenvalue weighted by Gasteiger charge is -2.08. The number of thioether (sulfide) groups is 1. The van der Waals surface area contributed by atoms with E-state index in [9.17, 15) is 4.79 Å². The topological polar surface area (TPSA) is 63.3 Å². The van der Waals surface area contributed by atoms with Gasteiger partial charge in [0, 0.05) is 10.6 Å². The highest BCUT2D eigenvalue weighted by atomic mass is 32.2. The fourth-order valence-corrected chi connectivity index (χ4v) is 2.51. The summed E-state index contributed by atoms with van der Waals surface area (Å²) in [6.45, 7) is 2.14. The molecule has 1 aromatic carbocycles. The van der Waals surface area contributed by atoms with Crippen LogP contribution < -0.4 is 5.73 Å². The van der Waals surface area contributed by atoms with Crippen molar-refractivity contribution in [1.82, 2.24) is 0 Å². The molecule has 0 atom stereocenters. The number of carboxylic acid groups (broad SMARTS) is 1. The molecule has 0 bridgehead atoms. The van der Waals surface area contributed by atoms with E-state index in [1.54, 1.807) is 18.2 Å². The molecule has 0 saturated carbocycles. The summed E-state index contributed by atoms with van der Waals surface area (Å²) in [6.07, 6.45) is 3.42. The summed E-state index contributed by atoms with van der Waals surface area (Å²) in [5, 5.41) is 9.02. The minimum Gasteiger partial charge on any atom is -0.478 e. The first kappa shape index (κ1) is 12.9. The second-order valence-corrected chi connectivity index (χ2v) is 4.69. The molecule has 0 amide bonds. The van der Waals surface area contributed by atoms with Gasteiger partial charge in [0.25, 0.3) is 0 Å². The maximum atomic E-state index is 11.0. The average Bonchev–Trinajstić information content (AvgIpc) is 2.25. The Hall–Kier alpha value is -1.16. The summed E-state index contributed by atoms with van der Waals surface area (Å²) in [5.74, 6) is 0.00721. The van der Waals surface area contributed by atoms with E-state index in [2.05, 4.69) is 6.92 Å². The van der Waals surface area contributed by atoms with E-state index in [0.29, 0.717) is 16.1 Å². The maximum Gasteiger partial charge on any atom is 0.336 e. The Balaban J connectivity index is 2.73. The molecule has 3 nitrogen and oxygen atoms in total. The van der Waals surface area contributed by atoms with Crippen LogP contribution in [-0.2, 0) is 0 Å². The molecule has 0 unspecified atom stereocenters. The highest BCUT2D eigenvalue weighted by molar-refractivity contribution is 7.99. The SMILES string of the molecule is CCCCCSc1c(N)cccc1C(=O)O. The zero-order chi connectivity index (χ0) is 12.0. The van der Waals surface area contributed by atoms with Gasteiger partial charge in [0.05, 0.1) is 5.56 Å². The molecule has 0 aliphatic carbocycles. The molecule has 0 radical (unpaired) electrons. The molecule has 0 fully saturated rings. The van der Waals surface area contributed by atoms with Gasteiger partial charge in [0.2, 0.25) is 0 Å². The fourth-order valence-electron chi connectivity index (χ4n) is 1.41. The van der Waals surface area contributed by atoms with Gasteiger partial charge in [0.1, 0.15) is 0 Å². The first-order valence-corrected chi connectivity index (χ1v) is 6.40. The smallest absolute Gasteiger partial charge is 0.336 e. The van der Waals surface area contributed by atoms with Crippen molar-refractivity contribution in [2.45, 2.75) is 31.1 Å². The molecule has 0 aliphatic rings. The van der Waals surface area contributed by atoms with Crippen LogP contribution >= 0.6 is 11.8 Å². The maximum absolute atomic E-state index is 11.0. The van der Waals surface area contributed by atoms with Crippen LogP contribution in [0.15, 0.2) is 23.1 Å². The number of anilines is 1. The predicted molar refractivity (Wildman–Crippen MR) is 68.1 cm³/mol. The van der Waals surface area contributed by atoms with Gasteiger partial charge in [0.15, 0.2) is 0 Å². The van der Waals surface area contributed by atoms with Crippen LogP contribution in [0.1, 0.15) is 36.5 Å². The molecule has 0 aromatic heterocycles. The van der Waals surface area contributed by atoms with E-state index in [4.69, 9.17) is 10.8 Å². The van der Waals surface area contributed by atoms with E-state index < -0.39 is 5.97 Å². The molecule has 88 valence electrons. The van der Waals surface area contributed by atoms with Crippen molar-refractivity contribution in [3.63, 3.8) is 0 Å². The molecule has 0 spiro atoms. The zero-order valence-corrected chi connectivity index (χ0v) is 10.2. The summed E-state index contributed by atoms with van der Waals surface area (Å²) in [4.78, 5) is 11.7. The van der Waals surface area contributed by atoms with Gasteiger partial charge in [-0.25, -0.2) is 4.79 Å². The molecule has 16 heavy (non-hydrogen) atoms. The van der Waals surface area contributed by atoms with Crippen molar-refractivity contribution in [3.05, 3.63) is 23.8 Å². The lowest BCUT2D eigenvalue weighted by atomic mass is 10.2. The molecule has 4 heteroatoms. The van der Waals surface area contributed by atoms with Crippen molar-refractivity contribution in [3.8, 4) is 0 Å². The summed E-state index contributed by atoms with van der Waals surface area (Å²) in [7, 11) is 0. The third-order valence-corrected chi connectivity index (χ3v) is 3.51. The summed E-state index contributed by atoms with van der Waals surface area (Å²) < 4.78 is 0. The van der Waals surface area contributed by atoms with E-state index in [0.717, 1.165) is 18.6 Å². The second kappa shape index (κ2) is 6.43. The third-order valence-electron chi connectivity index (χ3n) is 2.27.